The van der Waals surface area contributed by atoms with Crippen molar-refractivity contribution in [3.05, 3.63) is 53.9 Å². The molecule has 2 heterocycles. The van der Waals surface area contributed by atoms with E-state index in [0.29, 0.717) is 23.3 Å². The minimum absolute atomic E-state index is 0.0399. The maximum Gasteiger partial charge on any atom is 0.289 e. The molecule has 11 heteroatoms. The number of carbonyl (C=O) groups is 4. The predicted octanol–water partition coefficient (Wildman–Crippen LogP) is 1.34. The van der Waals surface area contributed by atoms with Gasteiger partial charge in [-0.3, -0.25) is 19.2 Å². The number of hydrogen-bond acceptors (Lipinski definition) is 7. The van der Waals surface area contributed by atoms with Crippen molar-refractivity contribution >= 4 is 40.2 Å². The number of aromatic nitrogens is 2. The topological polar surface area (TPSA) is 168 Å². The Kier molecular flexibility index (Phi) is 8.83. The van der Waals surface area contributed by atoms with Gasteiger partial charge in [0.25, 0.3) is 11.8 Å². The number of hydrogen-bond donors (Lipinski definition) is 5. The van der Waals surface area contributed by atoms with E-state index in [9.17, 15) is 19.2 Å². The first-order chi connectivity index (χ1) is 17.6. The molecule has 0 saturated carbocycles. The molecule has 3 amide bonds. The van der Waals surface area contributed by atoms with E-state index < -0.39 is 35.6 Å². The summed E-state index contributed by atoms with van der Waals surface area (Å²) < 4.78 is 5.35. The number of Topliss-reactive ketones (excluding diaryl/α,β-unsaturated/α-hetero) is 1. The van der Waals surface area contributed by atoms with Crippen LogP contribution in [0.1, 0.15) is 36.3 Å². The van der Waals surface area contributed by atoms with Crippen LogP contribution in [0.15, 0.2) is 42.6 Å². The highest BCUT2D eigenvalue weighted by atomic mass is 16.5. The van der Waals surface area contributed by atoms with Gasteiger partial charge in [-0.1, -0.05) is 26.0 Å². The molecule has 0 bridgehead atoms. The summed E-state index contributed by atoms with van der Waals surface area (Å²) in [6, 6.07) is 8.18. The molecule has 11 nitrogen and oxygen atoms in total. The molecule has 1 aromatic carbocycles. The van der Waals surface area contributed by atoms with Crippen molar-refractivity contribution in [2.75, 3.05) is 19.9 Å². The van der Waals surface area contributed by atoms with Crippen molar-refractivity contribution in [1.82, 2.24) is 25.9 Å². The molecule has 2 aromatic heterocycles. The van der Waals surface area contributed by atoms with Gasteiger partial charge in [-0.05, 0) is 42.2 Å². The van der Waals surface area contributed by atoms with Gasteiger partial charge in [-0.15, -0.1) is 0 Å². The maximum absolute atomic E-state index is 13.3. The first-order valence-electron chi connectivity index (χ1n) is 11.9. The van der Waals surface area contributed by atoms with Gasteiger partial charge < -0.3 is 31.4 Å². The summed E-state index contributed by atoms with van der Waals surface area (Å²) in [6.07, 6.45) is 1.76. The second-order valence-corrected chi connectivity index (χ2v) is 9.02. The van der Waals surface area contributed by atoms with Gasteiger partial charge in [0.15, 0.2) is 0 Å². The number of ether oxygens (including phenoxy) is 1. The molecule has 196 valence electrons. The van der Waals surface area contributed by atoms with E-state index in [1.54, 1.807) is 37.4 Å². The summed E-state index contributed by atoms with van der Waals surface area (Å²) in [6.45, 7) is 3.81. The standard InChI is InChI=1S/C26H32N6O5/c1-14(2)11-19(32-25(35)20-13-16-17(30-20)8-5-9-21(16)37-4)24(34)31-18(22(33)26(36)28-3)12-15-7-6-10-29-23(15)27/h5-10,13-14,18-19,30H,11-12H2,1-4H3,(H2,27,29)(H,28,36)(H,31,34)(H,32,35)/t18-,19-/m0/s1. The zero-order chi connectivity index (χ0) is 27.1. The van der Waals surface area contributed by atoms with Crippen LogP contribution >= 0.6 is 0 Å². The Bertz CT molecular complexity index is 1300. The third-order valence-corrected chi connectivity index (χ3v) is 5.85. The van der Waals surface area contributed by atoms with Gasteiger partial charge in [0.05, 0.1) is 7.11 Å². The fraction of sp³-hybridized carbons (Fsp3) is 0.346. The molecule has 3 aromatic rings. The summed E-state index contributed by atoms with van der Waals surface area (Å²) in [7, 11) is 2.87. The van der Waals surface area contributed by atoms with Crippen LogP contribution in [0.5, 0.6) is 5.75 Å². The highest BCUT2D eigenvalue weighted by molar-refractivity contribution is 6.38. The minimum Gasteiger partial charge on any atom is -0.496 e. The minimum atomic E-state index is -1.21. The Morgan fingerprint density at radius 1 is 1.08 bits per heavy atom. The molecule has 2 atom stereocenters. The predicted molar refractivity (Wildman–Crippen MR) is 139 cm³/mol. The summed E-state index contributed by atoms with van der Waals surface area (Å²) in [5, 5.41) is 8.40. The van der Waals surface area contributed by atoms with Crippen molar-refractivity contribution in [2.24, 2.45) is 5.92 Å². The van der Waals surface area contributed by atoms with Gasteiger partial charge in [0.2, 0.25) is 11.7 Å². The zero-order valence-corrected chi connectivity index (χ0v) is 21.3. The molecule has 0 unspecified atom stereocenters. The summed E-state index contributed by atoms with van der Waals surface area (Å²) in [5.74, 6) is -1.95. The highest BCUT2D eigenvalue weighted by Crippen LogP contribution is 2.26. The van der Waals surface area contributed by atoms with Crippen LogP contribution < -0.4 is 26.4 Å². The lowest BCUT2D eigenvalue weighted by Crippen LogP contribution is -2.54. The number of carbonyl (C=O) groups excluding carboxylic acids is 4. The smallest absolute Gasteiger partial charge is 0.289 e. The second-order valence-electron chi connectivity index (χ2n) is 9.02. The van der Waals surface area contributed by atoms with Crippen LogP contribution in [0.3, 0.4) is 0 Å². The van der Waals surface area contributed by atoms with Gasteiger partial charge in [-0.25, -0.2) is 4.98 Å². The van der Waals surface area contributed by atoms with Crippen molar-refractivity contribution in [3.8, 4) is 5.75 Å². The van der Waals surface area contributed by atoms with Gasteiger partial charge >= 0.3 is 0 Å². The van der Waals surface area contributed by atoms with Crippen LogP contribution in [-0.4, -0.2) is 59.7 Å². The number of aromatic amines is 1. The number of H-pyrrole nitrogens is 1. The maximum atomic E-state index is 13.3. The van der Waals surface area contributed by atoms with E-state index in [-0.39, 0.29) is 23.9 Å². The Balaban J connectivity index is 1.83. The largest absolute Gasteiger partial charge is 0.496 e. The van der Waals surface area contributed by atoms with Crippen molar-refractivity contribution in [3.63, 3.8) is 0 Å². The average Bonchev–Trinajstić information content (AvgIpc) is 3.32. The molecule has 37 heavy (non-hydrogen) atoms. The first kappa shape index (κ1) is 27.2. The zero-order valence-electron chi connectivity index (χ0n) is 21.3. The van der Waals surface area contributed by atoms with Gasteiger partial charge in [0.1, 0.15) is 29.3 Å². The van der Waals surface area contributed by atoms with Crippen LogP contribution in [0.25, 0.3) is 10.9 Å². The Hall–Kier alpha value is -4.41. The number of pyridine rings is 1. The molecule has 3 rings (SSSR count). The van der Waals surface area contributed by atoms with Crippen LogP contribution in [0, 0.1) is 5.92 Å². The second kappa shape index (κ2) is 12.0. The molecule has 0 radical (unpaired) electrons. The molecule has 0 spiro atoms. The number of methoxy groups -OCH3 is 1. The number of nitrogens with one attached hydrogen (secondary N) is 4. The normalized spacial score (nSPS) is 12.6. The van der Waals surface area contributed by atoms with Crippen LogP contribution in [0.4, 0.5) is 5.82 Å². The number of ketones is 1. The molecule has 6 N–H and O–H groups in total. The number of benzene rings is 1. The van der Waals surface area contributed by atoms with Gasteiger partial charge in [0, 0.05) is 30.6 Å². The summed E-state index contributed by atoms with van der Waals surface area (Å²) in [4.78, 5) is 58.4. The van der Waals surface area contributed by atoms with E-state index in [1.165, 1.54) is 13.2 Å². The molecule has 0 fully saturated rings. The lowest BCUT2D eigenvalue weighted by atomic mass is 9.99. The number of likely N-dealkylation sites (N-methyl/N-ethyl adjacent to an activating group) is 1. The molecular formula is C26H32N6O5. The van der Waals surface area contributed by atoms with E-state index in [1.807, 2.05) is 19.9 Å². The molecule has 0 aliphatic heterocycles. The fourth-order valence-corrected chi connectivity index (χ4v) is 3.97. The number of nitrogens with two attached hydrogens (primary N) is 1. The van der Waals surface area contributed by atoms with E-state index in [2.05, 4.69) is 25.9 Å². The quantitative estimate of drug-likeness (QED) is 0.244. The van der Waals surface area contributed by atoms with E-state index >= 15 is 0 Å². The fourth-order valence-electron chi connectivity index (χ4n) is 3.97. The highest BCUT2D eigenvalue weighted by Gasteiger charge is 2.31. The molecule has 0 saturated heterocycles. The van der Waals surface area contributed by atoms with Crippen molar-refractivity contribution in [2.45, 2.75) is 38.8 Å². The number of anilines is 1. The monoisotopic (exact) mass is 508 g/mol. The third kappa shape index (κ3) is 6.63. The third-order valence-electron chi connectivity index (χ3n) is 5.85. The average molecular weight is 509 g/mol. The summed E-state index contributed by atoms with van der Waals surface area (Å²) >= 11 is 0. The Labute approximate surface area is 214 Å². The van der Waals surface area contributed by atoms with E-state index in [0.717, 1.165) is 5.39 Å². The Morgan fingerprint density at radius 3 is 2.49 bits per heavy atom. The first-order valence-corrected chi connectivity index (χ1v) is 11.9. The number of nitrogen functional groups attached to an aromatic ring is 1. The van der Waals surface area contributed by atoms with Crippen LogP contribution in [-0.2, 0) is 20.8 Å². The van der Waals surface area contributed by atoms with Crippen LogP contribution in [0.2, 0.25) is 0 Å². The summed E-state index contributed by atoms with van der Waals surface area (Å²) in [5.41, 5.74) is 7.37. The number of nitrogens with zero attached hydrogens (tertiary/aromatic N) is 1. The lowest BCUT2D eigenvalue weighted by Gasteiger charge is -2.24. The number of amides is 3. The molecule has 0 aliphatic carbocycles. The molecular weight excluding hydrogens is 476 g/mol. The number of rotatable bonds is 11. The van der Waals surface area contributed by atoms with Gasteiger partial charge in [-0.2, -0.15) is 0 Å². The van der Waals surface area contributed by atoms with Crippen molar-refractivity contribution in [1.29, 1.82) is 0 Å². The number of fused-ring (bicyclic) bond motifs is 1. The lowest BCUT2D eigenvalue weighted by molar-refractivity contribution is -0.140. The molecule has 0 aliphatic rings. The SMILES string of the molecule is CNC(=O)C(=O)[C@H](Cc1cccnc1N)NC(=O)[C@H](CC(C)C)NC(=O)c1cc2c(OC)cccc2[nH]1. The Morgan fingerprint density at radius 2 is 1.84 bits per heavy atom. The van der Waals surface area contributed by atoms with E-state index in [4.69, 9.17) is 10.5 Å². The van der Waals surface area contributed by atoms with Crippen molar-refractivity contribution < 1.29 is 23.9 Å².